The van der Waals surface area contributed by atoms with Crippen molar-refractivity contribution in [3.05, 3.63) is 83.9 Å². The van der Waals surface area contributed by atoms with E-state index in [0.717, 1.165) is 93.1 Å². The number of pyridine rings is 2. The van der Waals surface area contributed by atoms with Gasteiger partial charge in [0.25, 0.3) is 0 Å². The molecule has 0 bridgehead atoms. The minimum atomic E-state index is -1.25. The Hall–Kier alpha value is -4.54. The maximum atomic E-state index is 13.2. The van der Waals surface area contributed by atoms with Gasteiger partial charge in [-0.3, -0.25) is 9.78 Å². The predicted molar refractivity (Wildman–Crippen MR) is 210 cm³/mol. The second kappa shape index (κ2) is 19.9. The molecule has 0 amide bonds. The molecule has 6 rings (SSSR count). The lowest BCUT2D eigenvalue weighted by molar-refractivity contribution is 0.112. The Morgan fingerprint density at radius 2 is 1.73 bits per heavy atom. The summed E-state index contributed by atoms with van der Waals surface area (Å²) in [5.41, 5.74) is 4.23. The Balaban J connectivity index is 0.000000962. The van der Waals surface area contributed by atoms with Gasteiger partial charge in [0.15, 0.2) is 0 Å². The van der Waals surface area contributed by atoms with E-state index < -0.39 is 11.0 Å². The van der Waals surface area contributed by atoms with Gasteiger partial charge in [-0.25, -0.2) is 18.5 Å². The third-order valence-electron chi connectivity index (χ3n) is 8.97. The van der Waals surface area contributed by atoms with Crippen molar-refractivity contribution in [2.45, 2.75) is 75.8 Å². The molecule has 2 aliphatic rings. The molecular formula is C40H51N9O2S. The Morgan fingerprint density at radius 3 is 2.37 bits per heavy atom. The van der Waals surface area contributed by atoms with Crippen molar-refractivity contribution in [3.63, 3.8) is 0 Å². The highest BCUT2D eigenvalue weighted by Crippen LogP contribution is 2.29. The van der Waals surface area contributed by atoms with E-state index in [9.17, 15) is 9.00 Å². The Labute approximate surface area is 311 Å². The number of benzene rings is 1. The number of aromatic nitrogens is 4. The van der Waals surface area contributed by atoms with Gasteiger partial charge in [0, 0.05) is 73.7 Å². The number of anilines is 3. The molecule has 2 atom stereocenters. The molecule has 2 unspecified atom stereocenters. The molecule has 0 radical (unpaired) electrons. The zero-order chi connectivity index (χ0) is 36.7. The normalized spacial score (nSPS) is 15.7. The molecule has 2 fully saturated rings. The van der Waals surface area contributed by atoms with Gasteiger partial charge in [-0.15, -0.1) is 0 Å². The van der Waals surface area contributed by atoms with Crippen LogP contribution in [0, 0.1) is 11.8 Å². The van der Waals surface area contributed by atoms with Crippen LogP contribution in [0.5, 0.6) is 0 Å². The second-order valence-corrected chi connectivity index (χ2v) is 14.7. The zero-order valence-electron chi connectivity index (χ0n) is 30.8. The number of hydrogen-bond acceptors (Lipinski definition) is 10. The Morgan fingerprint density at radius 1 is 0.942 bits per heavy atom. The Bertz CT molecular complexity index is 1810. The minimum absolute atomic E-state index is 0.269. The number of unbranched alkanes of at least 4 members (excludes halogenated alkanes) is 1. The molecule has 52 heavy (non-hydrogen) atoms. The van der Waals surface area contributed by atoms with Crippen LogP contribution in [-0.4, -0.2) is 92.0 Å². The smallest absolute Gasteiger partial charge is 0.229 e. The van der Waals surface area contributed by atoms with Gasteiger partial charge in [0.2, 0.25) is 5.95 Å². The number of hydrogen-bond donors (Lipinski definition) is 3. The maximum Gasteiger partial charge on any atom is 0.229 e. The Kier molecular flexibility index (Phi) is 14.8. The summed E-state index contributed by atoms with van der Waals surface area (Å²) in [6, 6.07) is 15.9. The third kappa shape index (κ3) is 11.7. The average molecular weight is 722 g/mol. The van der Waals surface area contributed by atoms with Crippen molar-refractivity contribution in [2.24, 2.45) is 0 Å². The number of piperazine rings is 1. The van der Waals surface area contributed by atoms with Gasteiger partial charge in [0.1, 0.15) is 28.8 Å². The van der Waals surface area contributed by atoms with Gasteiger partial charge in [-0.1, -0.05) is 39.0 Å². The number of nitrogens with one attached hydrogen (secondary N) is 3. The highest BCUT2D eigenvalue weighted by Gasteiger charge is 2.21. The van der Waals surface area contributed by atoms with Crippen LogP contribution < -0.4 is 16.0 Å². The van der Waals surface area contributed by atoms with E-state index in [0.29, 0.717) is 27.9 Å². The lowest BCUT2D eigenvalue weighted by Gasteiger charge is -2.31. The van der Waals surface area contributed by atoms with Gasteiger partial charge in [-0.05, 0) is 94.2 Å². The highest BCUT2D eigenvalue weighted by molar-refractivity contribution is 7.82. The lowest BCUT2D eigenvalue weighted by Crippen LogP contribution is -2.45. The summed E-state index contributed by atoms with van der Waals surface area (Å²) in [6.45, 7) is 7.73. The number of rotatable bonds is 14. The molecule has 1 saturated carbocycles. The van der Waals surface area contributed by atoms with Crippen LogP contribution in [0.15, 0.2) is 72.0 Å². The SMILES string of the molecule is CCCCC(CCC)Nc1nc(Nc2ccc(C#Cc3cc(C=O)ccn3)cc2)ncc1-c1ccc(S(=O)N2CCN(C)CC2)cn1.CNC1CC1. The maximum absolute atomic E-state index is 13.2. The number of likely N-dealkylation sites (N-methyl/N-ethyl adjacent to an activating group) is 1. The molecule has 1 aliphatic carbocycles. The van der Waals surface area contributed by atoms with E-state index in [4.69, 9.17) is 9.97 Å². The first-order valence-electron chi connectivity index (χ1n) is 18.3. The first kappa shape index (κ1) is 38.7. The van der Waals surface area contributed by atoms with Gasteiger partial charge in [0.05, 0.1) is 16.2 Å². The van der Waals surface area contributed by atoms with E-state index in [1.165, 1.54) is 12.8 Å². The van der Waals surface area contributed by atoms with Crippen LogP contribution in [0.4, 0.5) is 17.5 Å². The number of aldehydes is 1. The largest absolute Gasteiger partial charge is 0.367 e. The van der Waals surface area contributed by atoms with Crippen molar-refractivity contribution in [2.75, 3.05) is 50.9 Å². The number of carbonyl (C=O) groups excluding carboxylic acids is 1. The summed E-state index contributed by atoms with van der Waals surface area (Å²) >= 11 is 0. The molecule has 1 aliphatic heterocycles. The van der Waals surface area contributed by atoms with Crippen molar-refractivity contribution in [1.29, 1.82) is 0 Å². The molecule has 11 nitrogen and oxygen atoms in total. The number of carbonyl (C=O) groups is 1. The molecule has 4 heterocycles. The molecule has 1 saturated heterocycles. The fourth-order valence-electron chi connectivity index (χ4n) is 5.63. The molecule has 1 aromatic carbocycles. The first-order chi connectivity index (χ1) is 25.4. The quantitative estimate of drug-likeness (QED) is 0.101. The lowest BCUT2D eigenvalue weighted by atomic mass is 10.0. The summed E-state index contributed by atoms with van der Waals surface area (Å²) < 4.78 is 15.2. The van der Waals surface area contributed by atoms with E-state index in [1.54, 1.807) is 30.7 Å². The van der Waals surface area contributed by atoms with Gasteiger partial charge >= 0.3 is 0 Å². The van der Waals surface area contributed by atoms with Crippen LogP contribution >= 0.6 is 0 Å². The fourth-order valence-corrected chi connectivity index (χ4v) is 6.75. The van der Waals surface area contributed by atoms with E-state index in [1.807, 2.05) is 47.8 Å². The second-order valence-electron chi connectivity index (χ2n) is 13.2. The number of nitrogens with zero attached hydrogens (tertiary/aromatic N) is 6. The van der Waals surface area contributed by atoms with Crippen molar-refractivity contribution >= 4 is 34.7 Å². The van der Waals surface area contributed by atoms with Gasteiger partial charge < -0.3 is 20.9 Å². The molecule has 4 aromatic rings. The first-order valence-corrected chi connectivity index (χ1v) is 19.4. The summed E-state index contributed by atoms with van der Waals surface area (Å²) in [6.07, 6.45) is 14.0. The molecule has 274 valence electrons. The average Bonchev–Trinajstić information content (AvgIpc) is 4.03. The monoisotopic (exact) mass is 721 g/mol. The topological polar surface area (TPSA) is 128 Å². The van der Waals surface area contributed by atoms with Crippen LogP contribution in [0.2, 0.25) is 0 Å². The zero-order valence-corrected chi connectivity index (χ0v) is 31.6. The van der Waals surface area contributed by atoms with E-state index >= 15 is 0 Å². The fraction of sp³-hybridized carbons (Fsp3) is 0.425. The predicted octanol–water partition coefficient (Wildman–Crippen LogP) is 6.30. The van der Waals surface area contributed by atoms with E-state index in [-0.39, 0.29) is 6.04 Å². The van der Waals surface area contributed by atoms with Crippen molar-refractivity contribution < 1.29 is 9.00 Å². The standard InChI is InChI=1S/C36H42N8O2S.C4H9N/c1-4-6-8-29(7-5-2)40-35-33(34-16-15-32(24-38-34)47(46)44-21-19-43(3)20-22-44)25-39-36(42-35)41-30-12-9-27(10-13-30)11-14-31-23-28(26-45)17-18-37-31;1-5-4-2-3-4/h9-10,12-13,15-18,23-26,29H,4-8,19-22H2,1-3H3,(H2,39,40,41,42);4-5H,2-3H2,1H3. The summed E-state index contributed by atoms with van der Waals surface area (Å²) in [7, 11) is 2.85. The highest BCUT2D eigenvalue weighted by atomic mass is 32.2. The molecule has 3 N–H and O–H groups in total. The summed E-state index contributed by atoms with van der Waals surface area (Å²) in [5.74, 6) is 7.27. The molecular weight excluding hydrogens is 671 g/mol. The molecule has 12 heteroatoms. The van der Waals surface area contributed by atoms with Crippen LogP contribution in [0.25, 0.3) is 11.3 Å². The molecule has 3 aromatic heterocycles. The van der Waals surface area contributed by atoms with Crippen molar-refractivity contribution in [1.82, 2.24) is 34.5 Å². The van der Waals surface area contributed by atoms with Crippen LogP contribution in [-0.2, 0) is 11.0 Å². The minimum Gasteiger partial charge on any atom is -0.367 e. The molecule has 0 spiro atoms. The summed E-state index contributed by atoms with van der Waals surface area (Å²) in [5, 5.41) is 10.2. The third-order valence-corrected chi connectivity index (χ3v) is 10.4. The van der Waals surface area contributed by atoms with Crippen LogP contribution in [0.3, 0.4) is 0 Å². The van der Waals surface area contributed by atoms with Gasteiger partial charge in [-0.2, -0.15) is 4.98 Å². The summed E-state index contributed by atoms with van der Waals surface area (Å²) in [4.78, 5) is 32.5. The van der Waals surface area contributed by atoms with Crippen molar-refractivity contribution in [3.8, 4) is 23.1 Å². The van der Waals surface area contributed by atoms with E-state index in [2.05, 4.69) is 63.6 Å². The van der Waals surface area contributed by atoms with Crippen LogP contribution in [0.1, 0.15) is 80.4 Å².